The zero-order valence-electron chi connectivity index (χ0n) is 16.8. The Bertz CT molecular complexity index is 882. The van der Waals surface area contributed by atoms with E-state index in [2.05, 4.69) is 61.5 Å². The lowest BCUT2D eigenvalue weighted by atomic mass is 10.1. The molecule has 3 aromatic carbocycles. The van der Waals surface area contributed by atoms with Crippen molar-refractivity contribution in [2.75, 3.05) is 20.7 Å². The molecule has 0 saturated carbocycles. The molecule has 0 aliphatic rings. The number of hydrogen-bond donors (Lipinski definition) is 0. The highest BCUT2D eigenvalue weighted by atomic mass is 16.5. The summed E-state index contributed by atoms with van der Waals surface area (Å²) in [5.74, 6) is 1.76. The van der Waals surface area contributed by atoms with E-state index in [1.54, 1.807) is 0 Å². The molecule has 0 aliphatic heterocycles. The molecule has 0 spiro atoms. The fourth-order valence-corrected chi connectivity index (χ4v) is 2.92. The molecule has 0 amide bonds. The Labute approximate surface area is 167 Å². The van der Waals surface area contributed by atoms with Crippen LogP contribution in [0.1, 0.15) is 23.6 Å². The SMILES string of the molecule is CCOc1ccc(C=C(c2ccc(OCc3ccccc3)cc2)N(C)C)cc1. The topological polar surface area (TPSA) is 21.7 Å². The maximum absolute atomic E-state index is 5.89. The molecule has 0 N–H and O–H groups in total. The average molecular weight is 373 g/mol. The fourth-order valence-electron chi connectivity index (χ4n) is 2.92. The summed E-state index contributed by atoms with van der Waals surface area (Å²) >= 11 is 0. The number of ether oxygens (including phenoxy) is 2. The first-order valence-corrected chi connectivity index (χ1v) is 9.55. The molecule has 0 bridgehead atoms. The van der Waals surface area contributed by atoms with Crippen LogP contribution >= 0.6 is 0 Å². The molecule has 0 heterocycles. The van der Waals surface area contributed by atoms with Gasteiger partial charge < -0.3 is 14.4 Å². The number of rotatable bonds is 8. The molecule has 3 nitrogen and oxygen atoms in total. The van der Waals surface area contributed by atoms with Crippen molar-refractivity contribution in [3.05, 3.63) is 95.6 Å². The van der Waals surface area contributed by atoms with Gasteiger partial charge in [0.2, 0.25) is 0 Å². The van der Waals surface area contributed by atoms with Gasteiger partial charge in [0.05, 0.1) is 6.61 Å². The molecule has 0 unspecified atom stereocenters. The van der Waals surface area contributed by atoms with E-state index in [4.69, 9.17) is 9.47 Å². The summed E-state index contributed by atoms with van der Waals surface area (Å²) in [4.78, 5) is 2.12. The minimum absolute atomic E-state index is 0.572. The van der Waals surface area contributed by atoms with Crippen LogP contribution in [0.15, 0.2) is 78.9 Å². The van der Waals surface area contributed by atoms with Crippen LogP contribution in [0.25, 0.3) is 11.8 Å². The van der Waals surface area contributed by atoms with Crippen molar-refractivity contribution < 1.29 is 9.47 Å². The van der Waals surface area contributed by atoms with E-state index in [0.717, 1.165) is 33.9 Å². The summed E-state index contributed by atoms with van der Waals surface area (Å²) in [5, 5.41) is 0. The van der Waals surface area contributed by atoms with Gasteiger partial charge in [0.25, 0.3) is 0 Å². The lowest BCUT2D eigenvalue weighted by molar-refractivity contribution is 0.306. The van der Waals surface area contributed by atoms with E-state index in [9.17, 15) is 0 Å². The van der Waals surface area contributed by atoms with Crippen LogP contribution in [0.4, 0.5) is 0 Å². The predicted octanol–water partition coefficient (Wildman–Crippen LogP) is 5.72. The molecule has 0 aliphatic carbocycles. The second kappa shape index (κ2) is 9.65. The van der Waals surface area contributed by atoms with Gasteiger partial charge in [0.15, 0.2) is 0 Å². The normalized spacial score (nSPS) is 11.2. The zero-order chi connectivity index (χ0) is 19.8. The van der Waals surface area contributed by atoms with Crippen LogP contribution < -0.4 is 9.47 Å². The standard InChI is InChI=1S/C25H27NO2/c1-4-27-23-14-10-20(11-15-23)18-25(26(2)3)22-12-16-24(17-13-22)28-19-21-8-6-5-7-9-21/h5-18H,4,19H2,1-3H3. The Morgan fingerprint density at radius 1 is 0.786 bits per heavy atom. The summed E-state index contributed by atoms with van der Waals surface area (Å²) in [7, 11) is 4.11. The molecule has 3 aromatic rings. The van der Waals surface area contributed by atoms with Gasteiger partial charge in [-0.1, -0.05) is 42.5 Å². The summed E-state index contributed by atoms with van der Waals surface area (Å²) < 4.78 is 11.4. The minimum Gasteiger partial charge on any atom is -0.494 e. The van der Waals surface area contributed by atoms with E-state index in [0.29, 0.717) is 13.2 Å². The van der Waals surface area contributed by atoms with Gasteiger partial charge in [-0.25, -0.2) is 0 Å². The summed E-state index contributed by atoms with van der Waals surface area (Å²) in [6.45, 7) is 3.24. The van der Waals surface area contributed by atoms with Crippen molar-refractivity contribution in [3.63, 3.8) is 0 Å². The Morgan fingerprint density at radius 2 is 1.39 bits per heavy atom. The highest BCUT2D eigenvalue weighted by Gasteiger charge is 2.06. The van der Waals surface area contributed by atoms with Crippen LogP contribution in [0.5, 0.6) is 11.5 Å². The summed E-state index contributed by atoms with van der Waals surface area (Å²) in [5.41, 5.74) is 4.58. The minimum atomic E-state index is 0.572. The second-order valence-electron chi connectivity index (χ2n) is 6.72. The molecular formula is C25H27NO2. The monoisotopic (exact) mass is 373 g/mol. The highest BCUT2D eigenvalue weighted by Crippen LogP contribution is 2.24. The third-order valence-electron chi connectivity index (χ3n) is 4.37. The fraction of sp³-hybridized carbons (Fsp3) is 0.200. The second-order valence-corrected chi connectivity index (χ2v) is 6.72. The van der Waals surface area contributed by atoms with E-state index >= 15 is 0 Å². The maximum atomic E-state index is 5.89. The molecule has 0 radical (unpaired) electrons. The predicted molar refractivity (Wildman–Crippen MR) is 116 cm³/mol. The van der Waals surface area contributed by atoms with Gasteiger partial charge in [0, 0.05) is 19.8 Å². The Balaban J connectivity index is 1.73. The van der Waals surface area contributed by atoms with Crippen LogP contribution in [-0.2, 0) is 6.61 Å². The van der Waals surface area contributed by atoms with E-state index in [1.807, 2.05) is 49.4 Å². The highest BCUT2D eigenvalue weighted by molar-refractivity contribution is 5.80. The molecule has 3 rings (SSSR count). The first-order chi connectivity index (χ1) is 13.7. The Morgan fingerprint density at radius 3 is 2.00 bits per heavy atom. The van der Waals surface area contributed by atoms with Crippen molar-refractivity contribution >= 4 is 11.8 Å². The molecule has 0 saturated heterocycles. The van der Waals surface area contributed by atoms with E-state index in [1.165, 1.54) is 0 Å². The Kier molecular flexibility index (Phi) is 6.74. The number of nitrogens with zero attached hydrogens (tertiary/aromatic N) is 1. The quantitative estimate of drug-likeness (QED) is 0.471. The smallest absolute Gasteiger partial charge is 0.119 e. The molecule has 0 fully saturated rings. The zero-order valence-corrected chi connectivity index (χ0v) is 16.8. The van der Waals surface area contributed by atoms with Gasteiger partial charge >= 0.3 is 0 Å². The largest absolute Gasteiger partial charge is 0.494 e. The number of benzene rings is 3. The van der Waals surface area contributed by atoms with Gasteiger partial charge in [-0.05, 0) is 66.1 Å². The summed E-state index contributed by atoms with van der Waals surface area (Å²) in [6.07, 6.45) is 2.18. The van der Waals surface area contributed by atoms with E-state index < -0.39 is 0 Å². The Hall–Kier alpha value is -3.20. The molecule has 3 heteroatoms. The molecule has 0 aromatic heterocycles. The third kappa shape index (κ3) is 5.40. The summed E-state index contributed by atoms with van der Waals surface area (Å²) in [6, 6.07) is 26.6. The first kappa shape index (κ1) is 19.6. The number of hydrogen-bond acceptors (Lipinski definition) is 3. The van der Waals surface area contributed by atoms with Crippen molar-refractivity contribution in [1.29, 1.82) is 0 Å². The molecular weight excluding hydrogens is 346 g/mol. The van der Waals surface area contributed by atoms with Crippen molar-refractivity contribution in [2.24, 2.45) is 0 Å². The van der Waals surface area contributed by atoms with Crippen molar-refractivity contribution in [3.8, 4) is 11.5 Å². The average Bonchev–Trinajstić information content (AvgIpc) is 2.73. The molecule has 28 heavy (non-hydrogen) atoms. The molecule has 0 atom stereocenters. The van der Waals surface area contributed by atoms with E-state index in [-0.39, 0.29) is 0 Å². The van der Waals surface area contributed by atoms with Crippen LogP contribution in [0.2, 0.25) is 0 Å². The first-order valence-electron chi connectivity index (χ1n) is 9.55. The van der Waals surface area contributed by atoms with Crippen LogP contribution in [0.3, 0.4) is 0 Å². The van der Waals surface area contributed by atoms with Gasteiger partial charge in [-0.3, -0.25) is 0 Å². The van der Waals surface area contributed by atoms with Crippen molar-refractivity contribution in [1.82, 2.24) is 4.90 Å². The van der Waals surface area contributed by atoms with Gasteiger partial charge in [-0.15, -0.1) is 0 Å². The van der Waals surface area contributed by atoms with Crippen LogP contribution in [0, 0.1) is 0 Å². The van der Waals surface area contributed by atoms with Gasteiger partial charge in [-0.2, -0.15) is 0 Å². The third-order valence-corrected chi connectivity index (χ3v) is 4.37. The lowest BCUT2D eigenvalue weighted by Gasteiger charge is -2.18. The van der Waals surface area contributed by atoms with Crippen molar-refractivity contribution in [2.45, 2.75) is 13.5 Å². The lowest BCUT2D eigenvalue weighted by Crippen LogP contribution is -2.09. The van der Waals surface area contributed by atoms with Gasteiger partial charge in [0.1, 0.15) is 18.1 Å². The maximum Gasteiger partial charge on any atom is 0.119 e. The molecule has 144 valence electrons. The van der Waals surface area contributed by atoms with Crippen LogP contribution in [-0.4, -0.2) is 25.6 Å².